The Labute approximate surface area is 143 Å². The van der Waals surface area contributed by atoms with Gasteiger partial charge in [-0.15, -0.1) is 4.40 Å². The van der Waals surface area contributed by atoms with E-state index in [4.69, 9.17) is 9.47 Å². The first-order valence-electron chi connectivity index (χ1n) is 7.04. The lowest BCUT2D eigenvalue weighted by Gasteiger charge is -2.06. The van der Waals surface area contributed by atoms with E-state index >= 15 is 0 Å². The highest BCUT2D eigenvalue weighted by atomic mass is 32.2. The number of thiazole rings is 1. The first-order chi connectivity index (χ1) is 11.5. The summed E-state index contributed by atoms with van der Waals surface area (Å²) in [6, 6.07) is 11.7. The third-order valence-corrected chi connectivity index (χ3v) is 6.10. The fourth-order valence-electron chi connectivity index (χ4n) is 2.36. The van der Waals surface area contributed by atoms with Crippen molar-refractivity contribution in [3.05, 3.63) is 47.3 Å². The van der Waals surface area contributed by atoms with E-state index in [-0.39, 0.29) is 4.90 Å². The van der Waals surface area contributed by atoms with Gasteiger partial charge in [-0.05, 0) is 24.3 Å². The summed E-state index contributed by atoms with van der Waals surface area (Å²) < 4.78 is 42.2. The summed E-state index contributed by atoms with van der Waals surface area (Å²) in [5.74, 6) is 1.27. The van der Waals surface area contributed by atoms with Crippen LogP contribution in [-0.4, -0.2) is 27.2 Å². The molecule has 0 radical (unpaired) electrons. The van der Waals surface area contributed by atoms with Gasteiger partial charge >= 0.3 is 0 Å². The molecule has 6 nitrogen and oxygen atoms in total. The number of hydrogen-bond donors (Lipinski definition) is 0. The molecule has 126 valence electrons. The van der Waals surface area contributed by atoms with E-state index in [0.29, 0.717) is 16.3 Å². The monoisotopic (exact) mass is 364 g/mol. The number of nitrogens with zero attached hydrogens (tertiary/aromatic N) is 2. The zero-order valence-corrected chi connectivity index (χ0v) is 15.0. The molecule has 0 amide bonds. The minimum Gasteiger partial charge on any atom is -0.495 e. The Bertz CT molecular complexity index is 1050. The lowest BCUT2D eigenvalue weighted by atomic mass is 10.3. The zero-order chi connectivity index (χ0) is 17.3. The molecule has 0 bridgehead atoms. The van der Waals surface area contributed by atoms with Crippen molar-refractivity contribution in [2.45, 2.75) is 4.90 Å². The average Bonchev–Trinajstić information content (AvgIpc) is 2.91. The zero-order valence-electron chi connectivity index (χ0n) is 13.4. The molecule has 0 aliphatic rings. The maximum atomic E-state index is 12.5. The predicted octanol–water partition coefficient (Wildman–Crippen LogP) is 2.55. The van der Waals surface area contributed by atoms with Crippen molar-refractivity contribution in [1.82, 2.24) is 4.57 Å². The normalized spacial score (nSPS) is 12.5. The van der Waals surface area contributed by atoms with Gasteiger partial charge in [-0.1, -0.05) is 29.5 Å². The van der Waals surface area contributed by atoms with Crippen LogP contribution in [-0.2, 0) is 17.1 Å². The van der Waals surface area contributed by atoms with Crippen molar-refractivity contribution in [2.24, 2.45) is 11.4 Å². The Morgan fingerprint density at radius 2 is 1.62 bits per heavy atom. The number of sulfonamides is 1. The van der Waals surface area contributed by atoms with Crippen LogP contribution in [0.1, 0.15) is 0 Å². The standard InChI is InChI=1S/C16H16N2O4S2/c1-18-14-12(21-2)9-10-13(22-3)15(14)23-16(18)17-24(19,20)11-7-5-4-6-8-11/h4-10H,1-3H3/b17-16-. The van der Waals surface area contributed by atoms with Crippen molar-refractivity contribution in [3.63, 3.8) is 0 Å². The van der Waals surface area contributed by atoms with Crippen LogP contribution in [0.15, 0.2) is 51.8 Å². The third kappa shape index (κ3) is 2.78. The molecule has 0 aliphatic heterocycles. The molecule has 0 saturated heterocycles. The molecule has 1 heterocycles. The van der Waals surface area contributed by atoms with E-state index in [0.717, 1.165) is 10.2 Å². The average molecular weight is 364 g/mol. The van der Waals surface area contributed by atoms with E-state index < -0.39 is 10.0 Å². The minimum atomic E-state index is -3.79. The summed E-state index contributed by atoms with van der Waals surface area (Å²) in [5, 5.41) is 0. The molecule has 0 N–H and O–H groups in total. The van der Waals surface area contributed by atoms with Gasteiger partial charge in [0.15, 0.2) is 0 Å². The second-order valence-corrected chi connectivity index (χ2v) is 7.55. The second kappa shape index (κ2) is 6.29. The van der Waals surface area contributed by atoms with Crippen molar-refractivity contribution in [2.75, 3.05) is 14.2 Å². The van der Waals surface area contributed by atoms with Crippen LogP contribution in [0.5, 0.6) is 11.5 Å². The quantitative estimate of drug-likeness (QED) is 0.713. The van der Waals surface area contributed by atoms with Gasteiger partial charge in [-0.25, -0.2) is 0 Å². The van der Waals surface area contributed by atoms with Gasteiger partial charge in [0.05, 0.1) is 19.1 Å². The number of fused-ring (bicyclic) bond motifs is 1. The highest BCUT2D eigenvalue weighted by molar-refractivity contribution is 7.90. The first kappa shape index (κ1) is 16.5. The Morgan fingerprint density at radius 1 is 1.00 bits per heavy atom. The third-order valence-electron chi connectivity index (χ3n) is 3.55. The fraction of sp³-hybridized carbons (Fsp3) is 0.188. The molecule has 0 saturated carbocycles. The lowest BCUT2D eigenvalue weighted by Crippen LogP contribution is -2.13. The summed E-state index contributed by atoms with van der Waals surface area (Å²) in [7, 11) is 1.09. The van der Waals surface area contributed by atoms with Crippen molar-refractivity contribution in [3.8, 4) is 11.5 Å². The summed E-state index contributed by atoms with van der Waals surface area (Å²) in [5.41, 5.74) is 0.740. The van der Waals surface area contributed by atoms with Crippen LogP contribution in [0.25, 0.3) is 10.2 Å². The summed E-state index contributed by atoms with van der Waals surface area (Å²) >= 11 is 1.24. The van der Waals surface area contributed by atoms with Gasteiger partial charge in [0.1, 0.15) is 21.7 Å². The number of aromatic nitrogens is 1. The first-order valence-corrected chi connectivity index (χ1v) is 9.30. The Balaban J connectivity index is 2.30. The van der Waals surface area contributed by atoms with E-state index in [1.807, 2.05) is 0 Å². The van der Waals surface area contributed by atoms with Gasteiger partial charge in [-0.2, -0.15) is 8.42 Å². The summed E-state index contributed by atoms with van der Waals surface area (Å²) in [4.78, 5) is 0.498. The Hall–Kier alpha value is -2.32. The molecule has 0 spiro atoms. The largest absolute Gasteiger partial charge is 0.495 e. The van der Waals surface area contributed by atoms with Gasteiger partial charge in [0.25, 0.3) is 10.0 Å². The number of benzene rings is 2. The minimum absolute atomic E-state index is 0.154. The molecule has 2 aromatic carbocycles. The van der Waals surface area contributed by atoms with Crippen LogP contribution < -0.4 is 14.3 Å². The van der Waals surface area contributed by atoms with Crippen LogP contribution in [0.2, 0.25) is 0 Å². The Morgan fingerprint density at radius 3 is 2.25 bits per heavy atom. The van der Waals surface area contributed by atoms with E-state index in [1.54, 1.807) is 56.2 Å². The SMILES string of the molecule is COc1ccc(OC)c2c1s/c(=N\S(=O)(=O)c1ccccc1)n2C. The molecular formula is C16H16N2O4S2. The number of rotatable bonds is 4. The highest BCUT2D eigenvalue weighted by Gasteiger charge is 2.17. The summed E-state index contributed by atoms with van der Waals surface area (Å²) in [6.45, 7) is 0. The molecule has 24 heavy (non-hydrogen) atoms. The smallest absolute Gasteiger partial charge is 0.285 e. The van der Waals surface area contributed by atoms with Gasteiger partial charge in [0.2, 0.25) is 4.80 Å². The van der Waals surface area contributed by atoms with Crippen molar-refractivity contribution in [1.29, 1.82) is 0 Å². The maximum absolute atomic E-state index is 12.5. The number of hydrogen-bond acceptors (Lipinski definition) is 5. The maximum Gasteiger partial charge on any atom is 0.285 e. The van der Waals surface area contributed by atoms with Crippen LogP contribution >= 0.6 is 11.3 Å². The highest BCUT2D eigenvalue weighted by Crippen LogP contribution is 2.34. The number of aryl methyl sites for hydroxylation is 1. The van der Waals surface area contributed by atoms with Crippen LogP contribution in [0.3, 0.4) is 0 Å². The predicted molar refractivity (Wildman–Crippen MR) is 93.1 cm³/mol. The fourth-order valence-corrected chi connectivity index (χ4v) is 4.73. The molecule has 1 aromatic heterocycles. The molecule has 3 aromatic rings. The van der Waals surface area contributed by atoms with E-state index in [1.165, 1.54) is 23.5 Å². The lowest BCUT2D eigenvalue weighted by molar-refractivity contribution is 0.409. The molecule has 0 fully saturated rings. The van der Waals surface area contributed by atoms with Crippen molar-refractivity contribution >= 4 is 31.6 Å². The molecular weight excluding hydrogens is 348 g/mol. The molecule has 3 rings (SSSR count). The van der Waals surface area contributed by atoms with Crippen LogP contribution in [0.4, 0.5) is 0 Å². The molecule has 0 unspecified atom stereocenters. The van der Waals surface area contributed by atoms with Gasteiger partial charge in [0, 0.05) is 7.05 Å². The second-order valence-electron chi connectivity index (χ2n) is 4.97. The van der Waals surface area contributed by atoms with Gasteiger partial charge < -0.3 is 14.0 Å². The topological polar surface area (TPSA) is 69.9 Å². The van der Waals surface area contributed by atoms with E-state index in [2.05, 4.69) is 4.40 Å². The molecule has 8 heteroatoms. The number of ether oxygens (including phenoxy) is 2. The van der Waals surface area contributed by atoms with Crippen molar-refractivity contribution < 1.29 is 17.9 Å². The van der Waals surface area contributed by atoms with Crippen LogP contribution in [0, 0.1) is 0 Å². The summed E-state index contributed by atoms with van der Waals surface area (Å²) in [6.07, 6.45) is 0. The Kier molecular flexibility index (Phi) is 4.33. The molecule has 0 aliphatic carbocycles. The van der Waals surface area contributed by atoms with E-state index in [9.17, 15) is 8.42 Å². The van der Waals surface area contributed by atoms with Gasteiger partial charge in [-0.3, -0.25) is 0 Å². The number of methoxy groups -OCH3 is 2. The molecule has 0 atom stereocenters.